The summed E-state index contributed by atoms with van der Waals surface area (Å²) in [6.07, 6.45) is 0.389. The molecular formula is C6H10BF3KNO2S. The summed E-state index contributed by atoms with van der Waals surface area (Å²) in [6, 6.07) is 0. The van der Waals surface area contributed by atoms with E-state index in [0.717, 1.165) is 4.31 Å². The van der Waals surface area contributed by atoms with Crippen LogP contribution in [0, 0.1) is 0 Å². The van der Waals surface area contributed by atoms with E-state index in [-0.39, 0.29) is 63.7 Å². The van der Waals surface area contributed by atoms with Crippen LogP contribution in [0.2, 0.25) is 0 Å². The SMILES string of the molecule is C=C(CN1CCCS1(=O)=O)[B-](F)(F)F.[K+]. The fraction of sp³-hybridized carbons (Fsp3) is 0.667. The molecule has 1 saturated heterocycles. The molecule has 0 aromatic carbocycles. The summed E-state index contributed by atoms with van der Waals surface area (Å²) in [7, 11) is -3.46. The third kappa shape index (κ3) is 4.49. The third-order valence-electron chi connectivity index (χ3n) is 2.05. The van der Waals surface area contributed by atoms with E-state index in [0.29, 0.717) is 6.42 Å². The van der Waals surface area contributed by atoms with E-state index in [1.165, 1.54) is 0 Å². The van der Waals surface area contributed by atoms with Gasteiger partial charge < -0.3 is 12.9 Å². The van der Waals surface area contributed by atoms with Crippen LogP contribution in [0.5, 0.6) is 0 Å². The molecule has 15 heavy (non-hydrogen) atoms. The van der Waals surface area contributed by atoms with Gasteiger partial charge in [-0.2, -0.15) is 0 Å². The van der Waals surface area contributed by atoms with Crippen molar-refractivity contribution in [1.82, 2.24) is 4.31 Å². The van der Waals surface area contributed by atoms with Crippen LogP contribution in [0.3, 0.4) is 0 Å². The Hall–Kier alpha value is 1.14. The molecule has 0 aromatic rings. The normalized spacial score (nSPS) is 21.0. The molecule has 0 unspecified atom stereocenters. The van der Waals surface area contributed by atoms with Crippen LogP contribution in [0.4, 0.5) is 12.9 Å². The van der Waals surface area contributed by atoms with Gasteiger partial charge in [0.05, 0.1) is 5.75 Å². The van der Waals surface area contributed by atoms with Crippen molar-refractivity contribution in [2.24, 2.45) is 0 Å². The number of nitrogens with zero attached hydrogens (tertiary/aromatic N) is 1. The fourth-order valence-electron chi connectivity index (χ4n) is 1.20. The summed E-state index contributed by atoms with van der Waals surface area (Å²) in [5, 5.41) is 0. The van der Waals surface area contributed by atoms with Crippen molar-refractivity contribution in [3.8, 4) is 0 Å². The molecule has 0 radical (unpaired) electrons. The van der Waals surface area contributed by atoms with Crippen molar-refractivity contribution in [2.45, 2.75) is 6.42 Å². The van der Waals surface area contributed by atoms with E-state index in [1.807, 2.05) is 0 Å². The Kier molecular flexibility index (Phi) is 6.08. The van der Waals surface area contributed by atoms with Crippen molar-refractivity contribution >= 4 is 17.0 Å². The molecule has 82 valence electrons. The standard InChI is InChI=1S/C6H10BF3NO2S.K/c1-6(7(8,9)10)5-11-3-2-4-14(11,12)13;/h1-5H2;/q-1;+1. The number of hydrogen-bond acceptors (Lipinski definition) is 2. The summed E-state index contributed by atoms with van der Waals surface area (Å²) in [4.78, 5) is 0. The van der Waals surface area contributed by atoms with Crippen LogP contribution in [-0.2, 0) is 10.0 Å². The van der Waals surface area contributed by atoms with Gasteiger partial charge in [0, 0.05) is 13.1 Å². The summed E-state index contributed by atoms with van der Waals surface area (Å²) in [6.45, 7) is -2.74. The summed E-state index contributed by atoms with van der Waals surface area (Å²) >= 11 is 0. The molecule has 1 heterocycles. The molecule has 0 amide bonds. The Morgan fingerprint density at radius 1 is 1.40 bits per heavy atom. The molecule has 0 aromatic heterocycles. The minimum Gasteiger partial charge on any atom is -0.445 e. The molecule has 0 N–H and O–H groups in total. The van der Waals surface area contributed by atoms with E-state index >= 15 is 0 Å². The molecule has 1 fully saturated rings. The van der Waals surface area contributed by atoms with Crippen LogP contribution in [-0.4, -0.2) is 38.5 Å². The van der Waals surface area contributed by atoms with Gasteiger partial charge in [-0.1, -0.05) is 0 Å². The first-order valence-corrected chi connectivity index (χ1v) is 5.70. The van der Waals surface area contributed by atoms with E-state index in [1.54, 1.807) is 0 Å². The predicted molar refractivity (Wildman–Crippen MR) is 48.2 cm³/mol. The van der Waals surface area contributed by atoms with Gasteiger partial charge in [-0.3, -0.25) is 0 Å². The zero-order chi connectivity index (χ0) is 11.0. The maximum absolute atomic E-state index is 12.1. The molecule has 0 bridgehead atoms. The Morgan fingerprint density at radius 3 is 2.27 bits per heavy atom. The van der Waals surface area contributed by atoms with Gasteiger partial charge in [-0.05, 0) is 6.42 Å². The van der Waals surface area contributed by atoms with Gasteiger partial charge in [0.15, 0.2) is 0 Å². The van der Waals surface area contributed by atoms with E-state index in [4.69, 9.17) is 0 Å². The van der Waals surface area contributed by atoms with Crippen molar-refractivity contribution in [3.63, 3.8) is 0 Å². The topological polar surface area (TPSA) is 37.4 Å². The molecule has 0 saturated carbocycles. The minimum atomic E-state index is -5.13. The molecule has 1 rings (SSSR count). The summed E-state index contributed by atoms with van der Waals surface area (Å²) < 4.78 is 59.4. The molecule has 0 atom stereocenters. The number of sulfonamides is 1. The maximum atomic E-state index is 12.1. The average Bonchev–Trinajstić information content (AvgIpc) is 2.29. The van der Waals surface area contributed by atoms with Gasteiger partial charge >= 0.3 is 58.4 Å². The second-order valence-corrected chi connectivity index (χ2v) is 5.32. The minimum absolute atomic E-state index is 0. The molecule has 0 spiro atoms. The number of rotatable bonds is 3. The monoisotopic (exact) mass is 267 g/mol. The molecule has 3 nitrogen and oxygen atoms in total. The Labute approximate surface area is 130 Å². The predicted octanol–water partition coefficient (Wildman–Crippen LogP) is -2.03. The van der Waals surface area contributed by atoms with Crippen LogP contribution in [0.25, 0.3) is 0 Å². The van der Waals surface area contributed by atoms with Crippen molar-refractivity contribution in [1.29, 1.82) is 0 Å². The van der Waals surface area contributed by atoms with Gasteiger partial charge in [-0.15, -0.1) is 12.1 Å². The molecule has 0 aliphatic carbocycles. The first-order chi connectivity index (χ1) is 6.23. The van der Waals surface area contributed by atoms with Crippen LogP contribution in [0.1, 0.15) is 6.42 Å². The van der Waals surface area contributed by atoms with E-state index in [2.05, 4.69) is 6.58 Å². The Bertz CT molecular complexity index is 343. The van der Waals surface area contributed by atoms with Gasteiger partial charge in [0.2, 0.25) is 10.0 Å². The first kappa shape index (κ1) is 16.1. The number of hydrogen-bond donors (Lipinski definition) is 0. The van der Waals surface area contributed by atoms with Crippen LogP contribution < -0.4 is 51.4 Å². The van der Waals surface area contributed by atoms with E-state index < -0.39 is 29.0 Å². The van der Waals surface area contributed by atoms with Crippen molar-refractivity contribution in [3.05, 3.63) is 12.1 Å². The van der Waals surface area contributed by atoms with Crippen molar-refractivity contribution in [2.75, 3.05) is 18.8 Å². The smallest absolute Gasteiger partial charge is 0.445 e. The summed E-state index contributed by atoms with van der Waals surface area (Å²) in [5.41, 5.74) is -0.963. The van der Waals surface area contributed by atoms with Crippen LogP contribution >= 0.6 is 0 Å². The fourth-order valence-corrected chi connectivity index (χ4v) is 2.72. The molecule has 1 aliphatic rings. The zero-order valence-corrected chi connectivity index (χ0v) is 12.4. The van der Waals surface area contributed by atoms with Crippen molar-refractivity contribution < 1.29 is 72.7 Å². The van der Waals surface area contributed by atoms with Gasteiger partial charge in [-0.25, -0.2) is 12.7 Å². The Balaban J connectivity index is 0.00000196. The third-order valence-corrected chi connectivity index (χ3v) is 3.95. The van der Waals surface area contributed by atoms with Gasteiger partial charge in [0.1, 0.15) is 0 Å². The molecular weight excluding hydrogens is 257 g/mol. The maximum Gasteiger partial charge on any atom is 1.00 e. The molecule has 9 heteroatoms. The van der Waals surface area contributed by atoms with E-state index in [9.17, 15) is 21.4 Å². The van der Waals surface area contributed by atoms with Crippen LogP contribution in [0.15, 0.2) is 12.1 Å². The number of halogens is 3. The molecule has 1 aliphatic heterocycles. The second kappa shape index (κ2) is 5.65. The van der Waals surface area contributed by atoms with Gasteiger partial charge in [0.25, 0.3) is 0 Å². The second-order valence-electron chi connectivity index (χ2n) is 3.24. The largest absolute Gasteiger partial charge is 1.00 e. The Morgan fingerprint density at radius 2 is 1.93 bits per heavy atom. The quantitative estimate of drug-likeness (QED) is 0.553. The summed E-state index contributed by atoms with van der Waals surface area (Å²) in [5.74, 6) is -0.0643. The first-order valence-electron chi connectivity index (χ1n) is 4.09. The average molecular weight is 267 g/mol. The zero-order valence-electron chi connectivity index (χ0n) is 8.42.